The number of carbonyl (C=O) groups excluding carboxylic acids is 1. The average Bonchev–Trinajstić information content (AvgIpc) is 2.30. The molecule has 1 aliphatic rings. The van der Waals surface area contributed by atoms with Gasteiger partial charge in [0, 0.05) is 24.4 Å². The average molecular weight is 220 g/mol. The third kappa shape index (κ3) is 2.76. The van der Waals surface area contributed by atoms with Crippen LogP contribution in [0.1, 0.15) is 19.8 Å². The zero-order valence-corrected chi connectivity index (χ0v) is 9.31. The maximum atomic E-state index is 11.9. The van der Waals surface area contributed by atoms with Gasteiger partial charge in [0.15, 0.2) is 0 Å². The lowest BCUT2D eigenvalue weighted by Gasteiger charge is -2.26. The van der Waals surface area contributed by atoms with Crippen molar-refractivity contribution < 1.29 is 4.79 Å². The standard InChI is InChI=1S/C11H16N4O/c1-8-7-9(3-6-12-8)10(16)15-11-13-4-2-5-14-11/h2,4-5,8-9,12H,3,6-7H2,1H3,(H,13,14,15,16). The van der Waals surface area contributed by atoms with Crippen LogP contribution in [0.4, 0.5) is 5.95 Å². The van der Waals surface area contributed by atoms with Crippen molar-refractivity contribution in [3.8, 4) is 0 Å². The van der Waals surface area contributed by atoms with Gasteiger partial charge in [-0.25, -0.2) is 9.97 Å². The molecule has 2 N–H and O–H groups in total. The molecule has 5 heteroatoms. The number of hydrogen-bond donors (Lipinski definition) is 2. The first kappa shape index (κ1) is 11.0. The number of nitrogens with one attached hydrogen (secondary N) is 2. The zero-order valence-electron chi connectivity index (χ0n) is 9.31. The SMILES string of the molecule is CC1CC(C(=O)Nc2ncccn2)CCN1. The summed E-state index contributed by atoms with van der Waals surface area (Å²) < 4.78 is 0. The quantitative estimate of drug-likeness (QED) is 0.773. The van der Waals surface area contributed by atoms with E-state index in [4.69, 9.17) is 0 Å². The third-order valence-corrected chi connectivity index (χ3v) is 2.80. The van der Waals surface area contributed by atoms with E-state index >= 15 is 0 Å². The Morgan fingerprint density at radius 1 is 1.50 bits per heavy atom. The number of carbonyl (C=O) groups is 1. The maximum Gasteiger partial charge on any atom is 0.229 e. The van der Waals surface area contributed by atoms with Crippen molar-refractivity contribution in [2.24, 2.45) is 5.92 Å². The van der Waals surface area contributed by atoms with Gasteiger partial charge in [0.2, 0.25) is 11.9 Å². The van der Waals surface area contributed by atoms with E-state index in [0.717, 1.165) is 19.4 Å². The van der Waals surface area contributed by atoms with Crippen molar-refractivity contribution in [2.75, 3.05) is 11.9 Å². The van der Waals surface area contributed by atoms with E-state index < -0.39 is 0 Å². The molecule has 1 saturated heterocycles. The summed E-state index contributed by atoms with van der Waals surface area (Å²) in [5, 5.41) is 6.06. The highest BCUT2D eigenvalue weighted by atomic mass is 16.2. The van der Waals surface area contributed by atoms with Crippen LogP contribution >= 0.6 is 0 Å². The van der Waals surface area contributed by atoms with Crippen LogP contribution in [-0.4, -0.2) is 28.5 Å². The van der Waals surface area contributed by atoms with Crippen LogP contribution in [0.5, 0.6) is 0 Å². The predicted molar refractivity (Wildman–Crippen MR) is 60.9 cm³/mol. The molecule has 1 fully saturated rings. The van der Waals surface area contributed by atoms with E-state index in [1.165, 1.54) is 0 Å². The monoisotopic (exact) mass is 220 g/mol. The summed E-state index contributed by atoms with van der Waals surface area (Å²) in [6.45, 7) is 2.99. The van der Waals surface area contributed by atoms with Crippen LogP contribution in [0.25, 0.3) is 0 Å². The highest BCUT2D eigenvalue weighted by Gasteiger charge is 2.24. The van der Waals surface area contributed by atoms with E-state index in [9.17, 15) is 4.79 Å². The molecule has 2 rings (SSSR count). The molecule has 5 nitrogen and oxygen atoms in total. The normalized spacial score (nSPS) is 25.1. The molecule has 1 amide bonds. The second kappa shape index (κ2) is 5.03. The molecule has 0 aliphatic carbocycles. The Kier molecular flexibility index (Phi) is 3.46. The minimum Gasteiger partial charge on any atom is -0.314 e. The Morgan fingerprint density at radius 2 is 2.25 bits per heavy atom. The summed E-state index contributed by atoms with van der Waals surface area (Å²) in [6, 6.07) is 2.13. The highest BCUT2D eigenvalue weighted by Crippen LogP contribution is 2.17. The molecule has 2 heterocycles. The molecule has 1 aromatic rings. The molecule has 0 radical (unpaired) electrons. The molecule has 86 valence electrons. The van der Waals surface area contributed by atoms with Crippen molar-refractivity contribution in [1.82, 2.24) is 15.3 Å². The van der Waals surface area contributed by atoms with Crippen molar-refractivity contribution in [3.05, 3.63) is 18.5 Å². The lowest BCUT2D eigenvalue weighted by Crippen LogP contribution is -2.40. The summed E-state index contributed by atoms with van der Waals surface area (Å²) in [5.74, 6) is 0.485. The van der Waals surface area contributed by atoms with E-state index in [0.29, 0.717) is 12.0 Å². The molecule has 0 aromatic carbocycles. The van der Waals surface area contributed by atoms with Crippen LogP contribution in [0.2, 0.25) is 0 Å². The molecule has 0 saturated carbocycles. The van der Waals surface area contributed by atoms with Crippen LogP contribution in [0, 0.1) is 5.92 Å². The molecular weight excluding hydrogens is 204 g/mol. The Labute approximate surface area is 94.7 Å². The van der Waals surface area contributed by atoms with Crippen molar-refractivity contribution in [1.29, 1.82) is 0 Å². The van der Waals surface area contributed by atoms with Crippen LogP contribution in [-0.2, 0) is 4.79 Å². The summed E-state index contributed by atoms with van der Waals surface area (Å²) in [5.41, 5.74) is 0. The molecule has 2 atom stereocenters. The molecule has 1 aromatic heterocycles. The maximum absolute atomic E-state index is 11.9. The van der Waals surface area contributed by atoms with Gasteiger partial charge in [-0.3, -0.25) is 10.1 Å². The molecule has 2 unspecified atom stereocenters. The minimum atomic E-state index is 0.0274. The fourth-order valence-corrected chi connectivity index (χ4v) is 1.95. The minimum absolute atomic E-state index is 0.0274. The van der Waals surface area contributed by atoms with Gasteiger partial charge in [-0.2, -0.15) is 0 Å². The van der Waals surface area contributed by atoms with Crippen molar-refractivity contribution >= 4 is 11.9 Å². The Morgan fingerprint density at radius 3 is 2.94 bits per heavy atom. The zero-order chi connectivity index (χ0) is 11.4. The Hall–Kier alpha value is -1.49. The number of nitrogens with zero attached hydrogens (tertiary/aromatic N) is 2. The van der Waals surface area contributed by atoms with E-state index in [2.05, 4.69) is 27.5 Å². The van der Waals surface area contributed by atoms with E-state index in [1.807, 2.05) is 0 Å². The number of piperidine rings is 1. The Bertz CT molecular complexity index is 354. The van der Waals surface area contributed by atoms with Crippen molar-refractivity contribution in [2.45, 2.75) is 25.8 Å². The van der Waals surface area contributed by atoms with Gasteiger partial charge < -0.3 is 5.32 Å². The van der Waals surface area contributed by atoms with Gasteiger partial charge in [-0.15, -0.1) is 0 Å². The fourth-order valence-electron chi connectivity index (χ4n) is 1.95. The number of rotatable bonds is 2. The molecular formula is C11H16N4O. The predicted octanol–water partition coefficient (Wildman–Crippen LogP) is 0.803. The largest absolute Gasteiger partial charge is 0.314 e. The van der Waals surface area contributed by atoms with Crippen molar-refractivity contribution in [3.63, 3.8) is 0 Å². The molecule has 1 aliphatic heterocycles. The van der Waals surface area contributed by atoms with Crippen LogP contribution < -0.4 is 10.6 Å². The first-order chi connectivity index (χ1) is 7.75. The van der Waals surface area contributed by atoms with Crippen LogP contribution in [0.3, 0.4) is 0 Å². The number of hydrogen-bond acceptors (Lipinski definition) is 4. The summed E-state index contributed by atoms with van der Waals surface area (Å²) in [7, 11) is 0. The van der Waals surface area contributed by atoms with E-state index in [1.54, 1.807) is 18.5 Å². The second-order valence-electron chi connectivity index (χ2n) is 4.14. The van der Waals surface area contributed by atoms with Gasteiger partial charge in [0.1, 0.15) is 0 Å². The van der Waals surface area contributed by atoms with Gasteiger partial charge in [-0.05, 0) is 32.4 Å². The Balaban J connectivity index is 1.93. The summed E-state index contributed by atoms with van der Waals surface area (Å²) >= 11 is 0. The van der Waals surface area contributed by atoms with Gasteiger partial charge in [-0.1, -0.05) is 0 Å². The number of aromatic nitrogens is 2. The highest BCUT2D eigenvalue weighted by molar-refractivity contribution is 5.90. The second-order valence-corrected chi connectivity index (χ2v) is 4.14. The number of anilines is 1. The first-order valence-corrected chi connectivity index (χ1v) is 5.57. The number of amides is 1. The van der Waals surface area contributed by atoms with E-state index in [-0.39, 0.29) is 11.8 Å². The fraction of sp³-hybridized carbons (Fsp3) is 0.545. The van der Waals surface area contributed by atoms with Crippen LogP contribution in [0.15, 0.2) is 18.5 Å². The lowest BCUT2D eigenvalue weighted by molar-refractivity contribution is -0.120. The topological polar surface area (TPSA) is 66.9 Å². The lowest BCUT2D eigenvalue weighted by atomic mass is 9.92. The molecule has 0 bridgehead atoms. The summed E-state index contributed by atoms with van der Waals surface area (Å²) in [4.78, 5) is 19.8. The summed E-state index contributed by atoms with van der Waals surface area (Å²) in [6.07, 6.45) is 4.99. The third-order valence-electron chi connectivity index (χ3n) is 2.80. The molecule has 0 spiro atoms. The first-order valence-electron chi connectivity index (χ1n) is 5.57. The van der Waals surface area contributed by atoms with Gasteiger partial charge in [0.25, 0.3) is 0 Å². The molecule has 16 heavy (non-hydrogen) atoms. The smallest absolute Gasteiger partial charge is 0.229 e. The van der Waals surface area contributed by atoms with Gasteiger partial charge >= 0.3 is 0 Å². The van der Waals surface area contributed by atoms with Gasteiger partial charge in [0.05, 0.1) is 0 Å².